The number of hydrogen-bond donors (Lipinski definition) is 2. The molecule has 2 amide bonds. The van der Waals surface area contributed by atoms with Gasteiger partial charge in [0.25, 0.3) is 0 Å². The Kier molecular flexibility index (Phi) is 5.04. The van der Waals surface area contributed by atoms with Crippen molar-refractivity contribution in [2.24, 2.45) is 5.73 Å². The lowest BCUT2D eigenvalue weighted by atomic mass is 10.2. The van der Waals surface area contributed by atoms with Crippen molar-refractivity contribution < 1.29 is 19.4 Å². The van der Waals surface area contributed by atoms with E-state index in [9.17, 15) is 9.59 Å². The van der Waals surface area contributed by atoms with Crippen LogP contribution in [0.15, 0.2) is 0 Å². The van der Waals surface area contributed by atoms with E-state index in [4.69, 9.17) is 15.6 Å². The first-order chi connectivity index (χ1) is 7.65. The molecule has 0 aromatic carbocycles. The van der Waals surface area contributed by atoms with Crippen LogP contribution >= 0.6 is 0 Å². The van der Waals surface area contributed by atoms with Crippen LogP contribution in [0.1, 0.15) is 25.7 Å². The zero-order valence-electron chi connectivity index (χ0n) is 9.22. The smallest absolute Gasteiger partial charge is 0.410 e. The number of aliphatic hydroxyl groups excluding tert-OH is 1. The molecule has 0 bridgehead atoms. The zero-order valence-corrected chi connectivity index (χ0v) is 9.22. The summed E-state index contributed by atoms with van der Waals surface area (Å²) in [7, 11) is 0. The van der Waals surface area contributed by atoms with Gasteiger partial charge in [0.05, 0.1) is 6.61 Å². The highest BCUT2D eigenvalue weighted by Crippen LogP contribution is 2.23. The highest BCUT2D eigenvalue weighted by atomic mass is 16.6. The first-order valence-electron chi connectivity index (χ1n) is 5.47. The fourth-order valence-corrected chi connectivity index (χ4v) is 1.94. The van der Waals surface area contributed by atoms with Crippen molar-refractivity contribution in [1.29, 1.82) is 0 Å². The number of aliphatic hydroxyl groups is 1. The predicted molar refractivity (Wildman–Crippen MR) is 56.6 cm³/mol. The quantitative estimate of drug-likeness (QED) is 0.686. The molecule has 1 aliphatic carbocycles. The lowest BCUT2D eigenvalue weighted by molar-refractivity contribution is -0.119. The van der Waals surface area contributed by atoms with E-state index in [1.807, 2.05) is 0 Å². The van der Waals surface area contributed by atoms with E-state index in [2.05, 4.69) is 0 Å². The molecule has 3 N–H and O–H groups in total. The summed E-state index contributed by atoms with van der Waals surface area (Å²) in [5.74, 6) is -0.548. The van der Waals surface area contributed by atoms with E-state index < -0.39 is 12.0 Å². The van der Waals surface area contributed by atoms with E-state index in [1.165, 1.54) is 4.90 Å². The molecular formula is C10H18N2O4. The lowest BCUT2D eigenvalue weighted by Gasteiger charge is -2.26. The number of carbonyl (C=O) groups is 2. The first kappa shape index (κ1) is 12.8. The van der Waals surface area contributed by atoms with E-state index in [-0.39, 0.29) is 25.8 Å². The molecule has 0 aromatic heterocycles. The van der Waals surface area contributed by atoms with Gasteiger partial charge in [-0.1, -0.05) is 12.8 Å². The van der Waals surface area contributed by atoms with Gasteiger partial charge in [-0.15, -0.1) is 0 Å². The van der Waals surface area contributed by atoms with Gasteiger partial charge >= 0.3 is 6.09 Å². The minimum absolute atomic E-state index is 0.0405. The number of rotatable bonds is 5. The van der Waals surface area contributed by atoms with E-state index in [0.717, 1.165) is 25.7 Å². The highest BCUT2D eigenvalue weighted by molar-refractivity contribution is 5.81. The molecule has 1 aliphatic rings. The molecule has 92 valence electrons. The first-order valence-corrected chi connectivity index (χ1v) is 5.47. The Hall–Kier alpha value is -1.30. The van der Waals surface area contributed by atoms with Crippen molar-refractivity contribution >= 4 is 12.0 Å². The van der Waals surface area contributed by atoms with Crippen molar-refractivity contribution in [3.05, 3.63) is 0 Å². The topological polar surface area (TPSA) is 92.9 Å². The van der Waals surface area contributed by atoms with Gasteiger partial charge in [-0.25, -0.2) is 4.79 Å². The number of ether oxygens (including phenoxy) is 1. The van der Waals surface area contributed by atoms with Crippen LogP contribution < -0.4 is 5.73 Å². The maximum Gasteiger partial charge on any atom is 0.410 e. The third kappa shape index (κ3) is 3.69. The molecular weight excluding hydrogens is 212 g/mol. The number of nitrogens with zero attached hydrogens (tertiary/aromatic N) is 1. The number of primary amides is 1. The molecule has 1 saturated carbocycles. The molecule has 0 heterocycles. The summed E-state index contributed by atoms with van der Waals surface area (Å²) in [5, 5.41) is 8.56. The van der Waals surface area contributed by atoms with Gasteiger partial charge in [0.15, 0.2) is 0 Å². The SMILES string of the molecule is NC(=O)CN(C(=O)OCCO)C1CCCC1. The van der Waals surface area contributed by atoms with Gasteiger partial charge in [0.1, 0.15) is 13.2 Å². The molecule has 0 atom stereocenters. The van der Waals surface area contributed by atoms with Crippen LogP contribution in [0, 0.1) is 0 Å². The van der Waals surface area contributed by atoms with Crippen molar-refractivity contribution in [3.8, 4) is 0 Å². The van der Waals surface area contributed by atoms with Gasteiger partial charge in [-0.2, -0.15) is 0 Å². The largest absolute Gasteiger partial charge is 0.447 e. The molecule has 1 fully saturated rings. The van der Waals surface area contributed by atoms with Gasteiger partial charge in [0.2, 0.25) is 5.91 Å². The van der Waals surface area contributed by atoms with Gasteiger partial charge in [-0.05, 0) is 12.8 Å². The summed E-state index contributed by atoms with van der Waals surface area (Å²) >= 11 is 0. The fraction of sp³-hybridized carbons (Fsp3) is 0.800. The Morgan fingerprint density at radius 2 is 2.00 bits per heavy atom. The second-order valence-electron chi connectivity index (χ2n) is 3.87. The average molecular weight is 230 g/mol. The van der Waals surface area contributed by atoms with Crippen LogP contribution in [0.2, 0.25) is 0 Å². The number of amides is 2. The van der Waals surface area contributed by atoms with Crippen LogP contribution in [-0.4, -0.2) is 47.8 Å². The number of nitrogens with two attached hydrogens (primary N) is 1. The highest BCUT2D eigenvalue weighted by Gasteiger charge is 2.28. The molecule has 6 nitrogen and oxygen atoms in total. The van der Waals surface area contributed by atoms with Crippen LogP contribution in [-0.2, 0) is 9.53 Å². The molecule has 0 radical (unpaired) electrons. The number of carbonyl (C=O) groups excluding carboxylic acids is 2. The summed E-state index contributed by atoms with van der Waals surface area (Å²) in [6.45, 7) is -0.392. The molecule has 16 heavy (non-hydrogen) atoms. The Bertz CT molecular complexity index is 251. The van der Waals surface area contributed by atoms with Crippen molar-refractivity contribution in [2.45, 2.75) is 31.7 Å². The lowest BCUT2D eigenvalue weighted by Crippen LogP contribution is -2.44. The van der Waals surface area contributed by atoms with Crippen molar-refractivity contribution in [2.75, 3.05) is 19.8 Å². The van der Waals surface area contributed by atoms with Crippen molar-refractivity contribution in [1.82, 2.24) is 4.90 Å². The van der Waals surface area contributed by atoms with Gasteiger partial charge < -0.3 is 15.6 Å². The summed E-state index contributed by atoms with van der Waals surface area (Å²) in [6, 6.07) is 0.0405. The third-order valence-electron chi connectivity index (χ3n) is 2.64. The summed E-state index contributed by atoms with van der Waals surface area (Å²) in [6.07, 6.45) is 3.28. The Labute approximate surface area is 94.3 Å². The molecule has 0 aliphatic heterocycles. The Morgan fingerprint density at radius 3 is 2.50 bits per heavy atom. The van der Waals surface area contributed by atoms with Crippen LogP contribution in [0.3, 0.4) is 0 Å². The summed E-state index contributed by atoms with van der Waals surface area (Å²) in [4.78, 5) is 23.8. The maximum atomic E-state index is 11.6. The average Bonchev–Trinajstić information content (AvgIpc) is 2.75. The van der Waals surface area contributed by atoms with E-state index in [1.54, 1.807) is 0 Å². The zero-order chi connectivity index (χ0) is 12.0. The predicted octanol–water partition coefficient (Wildman–Crippen LogP) is -0.155. The van der Waals surface area contributed by atoms with Crippen LogP contribution in [0.5, 0.6) is 0 Å². The van der Waals surface area contributed by atoms with Crippen LogP contribution in [0.4, 0.5) is 4.79 Å². The Balaban J connectivity index is 2.54. The molecule has 0 aromatic rings. The summed E-state index contributed by atoms with van der Waals surface area (Å²) in [5.41, 5.74) is 5.09. The van der Waals surface area contributed by atoms with Gasteiger partial charge in [0, 0.05) is 6.04 Å². The second kappa shape index (κ2) is 6.32. The minimum Gasteiger partial charge on any atom is -0.447 e. The molecule has 0 saturated heterocycles. The molecule has 6 heteroatoms. The standard InChI is InChI=1S/C10H18N2O4/c11-9(14)7-12(8-3-1-2-4-8)10(15)16-6-5-13/h8,13H,1-7H2,(H2,11,14). The van der Waals surface area contributed by atoms with E-state index in [0.29, 0.717) is 0 Å². The fourth-order valence-electron chi connectivity index (χ4n) is 1.94. The molecule has 0 unspecified atom stereocenters. The van der Waals surface area contributed by atoms with Crippen molar-refractivity contribution in [3.63, 3.8) is 0 Å². The minimum atomic E-state index is -0.570. The van der Waals surface area contributed by atoms with Gasteiger partial charge in [-0.3, -0.25) is 9.69 Å². The van der Waals surface area contributed by atoms with E-state index >= 15 is 0 Å². The second-order valence-corrected chi connectivity index (χ2v) is 3.87. The maximum absolute atomic E-state index is 11.6. The normalized spacial score (nSPS) is 16.1. The molecule has 0 spiro atoms. The molecule has 1 rings (SSSR count). The summed E-state index contributed by atoms with van der Waals surface area (Å²) < 4.78 is 4.80. The Morgan fingerprint density at radius 1 is 1.38 bits per heavy atom. The monoisotopic (exact) mass is 230 g/mol. The third-order valence-corrected chi connectivity index (χ3v) is 2.64. The number of hydrogen-bond acceptors (Lipinski definition) is 4. The van der Waals surface area contributed by atoms with Crippen LogP contribution in [0.25, 0.3) is 0 Å².